The molecular weight excluding hydrogens is 370 g/mol. The Balaban J connectivity index is 1.35. The molecule has 0 spiro atoms. The van der Waals surface area contributed by atoms with Gasteiger partial charge in [-0.2, -0.15) is 0 Å². The molecule has 0 atom stereocenters. The van der Waals surface area contributed by atoms with Gasteiger partial charge in [-0.15, -0.1) is 0 Å². The number of anilines is 1. The van der Waals surface area contributed by atoms with Crippen molar-refractivity contribution in [2.45, 2.75) is 6.42 Å². The Morgan fingerprint density at radius 2 is 2.00 bits per heavy atom. The molecule has 0 saturated carbocycles. The summed E-state index contributed by atoms with van der Waals surface area (Å²) < 4.78 is 7.05. The molecule has 8 nitrogen and oxygen atoms in total. The van der Waals surface area contributed by atoms with Crippen LogP contribution in [0.2, 0.25) is 0 Å². The number of hydrogen-bond donors (Lipinski definition) is 3. The molecule has 148 valence electrons. The van der Waals surface area contributed by atoms with Crippen molar-refractivity contribution in [3.63, 3.8) is 0 Å². The largest absolute Gasteiger partial charge is 0.497 e. The average molecular weight is 391 g/mol. The Hall–Kier alpha value is -3.81. The zero-order valence-electron chi connectivity index (χ0n) is 16.2. The number of benzene rings is 2. The number of H-pyrrole nitrogens is 1. The molecule has 0 unspecified atom stereocenters. The van der Waals surface area contributed by atoms with Crippen LogP contribution in [0.1, 0.15) is 16.9 Å². The first-order valence-corrected chi connectivity index (χ1v) is 9.21. The van der Waals surface area contributed by atoms with Crippen LogP contribution in [-0.4, -0.2) is 40.0 Å². The lowest BCUT2D eigenvalue weighted by atomic mass is 10.2. The van der Waals surface area contributed by atoms with Crippen molar-refractivity contribution in [3.8, 4) is 5.75 Å². The molecule has 0 aliphatic rings. The van der Waals surface area contributed by atoms with Crippen molar-refractivity contribution >= 4 is 39.7 Å². The Kier molecular flexibility index (Phi) is 4.90. The number of rotatable bonds is 6. The van der Waals surface area contributed by atoms with Crippen LogP contribution < -0.4 is 15.4 Å². The SMILES string of the molecule is COc1ccc2c(c1)cc(C(=O)NCCC(=O)Nc1nc3ccccc3[nH]1)n2C. The molecule has 2 aromatic heterocycles. The topological polar surface area (TPSA) is 101 Å². The zero-order valence-corrected chi connectivity index (χ0v) is 16.2. The summed E-state index contributed by atoms with van der Waals surface area (Å²) in [5.74, 6) is 0.660. The monoisotopic (exact) mass is 391 g/mol. The minimum absolute atomic E-state index is 0.139. The number of carbonyl (C=O) groups excluding carboxylic acids is 2. The van der Waals surface area contributed by atoms with Gasteiger partial charge in [0.15, 0.2) is 0 Å². The Morgan fingerprint density at radius 3 is 2.79 bits per heavy atom. The zero-order chi connectivity index (χ0) is 20.4. The molecule has 0 saturated heterocycles. The van der Waals surface area contributed by atoms with E-state index in [9.17, 15) is 9.59 Å². The number of amides is 2. The molecule has 2 aromatic carbocycles. The first-order chi connectivity index (χ1) is 14.0. The van der Waals surface area contributed by atoms with Gasteiger partial charge in [0, 0.05) is 30.9 Å². The fourth-order valence-electron chi connectivity index (χ4n) is 3.26. The molecule has 0 aliphatic heterocycles. The van der Waals surface area contributed by atoms with Crippen LogP contribution in [-0.2, 0) is 11.8 Å². The molecule has 2 heterocycles. The standard InChI is InChI=1S/C21H21N5O3/c1-26-17-8-7-14(29-2)11-13(17)12-18(26)20(28)22-10-9-19(27)25-21-23-15-5-3-4-6-16(15)24-21/h3-8,11-12H,9-10H2,1-2H3,(H,22,28)(H2,23,24,25,27). The number of aromatic nitrogens is 3. The summed E-state index contributed by atoms with van der Waals surface area (Å²) in [6.45, 7) is 0.218. The predicted octanol–water partition coefficient (Wildman–Crippen LogP) is 2.82. The maximum atomic E-state index is 12.5. The molecule has 0 aliphatic carbocycles. The highest BCUT2D eigenvalue weighted by Crippen LogP contribution is 2.23. The highest BCUT2D eigenvalue weighted by atomic mass is 16.5. The van der Waals surface area contributed by atoms with Crippen molar-refractivity contribution < 1.29 is 14.3 Å². The number of fused-ring (bicyclic) bond motifs is 2. The molecule has 3 N–H and O–H groups in total. The number of methoxy groups -OCH3 is 1. The summed E-state index contributed by atoms with van der Waals surface area (Å²) in [5, 5.41) is 6.42. The van der Waals surface area contributed by atoms with Gasteiger partial charge in [0.1, 0.15) is 11.4 Å². The van der Waals surface area contributed by atoms with Crippen LogP contribution in [0.15, 0.2) is 48.5 Å². The summed E-state index contributed by atoms with van der Waals surface area (Å²) in [7, 11) is 3.44. The van der Waals surface area contributed by atoms with Gasteiger partial charge in [0.05, 0.1) is 18.1 Å². The number of para-hydroxylation sites is 2. The summed E-state index contributed by atoms with van der Waals surface area (Å²) in [6.07, 6.45) is 0.139. The lowest BCUT2D eigenvalue weighted by Crippen LogP contribution is -2.29. The van der Waals surface area contributed by atoms with Gasteiger partial charge in [-0.1, -0.05) is 12.1 Å². The lowest BCUT2D eigenvalue weighted by molar-refractivity contribution is -0.116. The maximum Gasteiger partial charge on any atom is 0.267 e. The highest BCUT2D eigenvalue weighted by molar-refractivity contribution is 5.99. The van der Waals surface area contributed by atoms with Gasteiger partial charge in [-0.05, 0) is 36.4 Å². The minimum Gasteiger partial charge on any atom is -0.497 e. The minimum atomic E-state index is -0.237. The Bertz CT molecular complexity index is 1170. The van der Waals surface area contributed by atoms with Gasteiger partial charge in [-0.25, -0.2) is 4.98 Å². The van der Waals surface area contributed by atoms with E-state index in [1.165, 1.54) is 0 Å². The molecule has 4 rings (SSSR count). The third-order valence-corrected chi connectivity index (χ3v) is 4.77. The van der Waals surface area contributed by atoms with Crippen molar-refractivity contribution in [2.75, 3.05) is 19.0 Å². The van der Waals surface area contributed by atoms with E-state index in [1.54, 1.807) is 7.11 Å². The summed E-state index contributed by atoms with van der Waals surface area (Å²) in [4.78, 5) is 32.0. The molecule has 2 amide bonds. The first kappa shape index (κ1) is 18.5. The van der Waals surface area contributed by atoms with E-state index >= 15 is 0 Å². The van der Waals surface area contributed by atoms with E-state index in [0.29, 0.717) is 11.6 Å². The second kappa shape index (κ2) is 7.67. The Morgan fingerprint density at radius 1 is 1.17 bits per heavy atom. The number of ether oxygens (including phenoxy) is 1. The van der Waals surface area contributed by atoms with E-state index in [4.69, 9.17) is 4.74 Å². The highest BCUT2D eigenvalue weighted by Gasteiger charge is 2.14. The van der Waals surface area contributed by atoms with E-state index in [0.717, 1.165) is 27.7 Å². The summed E-state index contributed by atoms with van der Waals surface area (Å²) >= 11 is 0. The lowest BCUT2D eigenvalue weighted by Gasteiger charge is -2.06. The third-order valence-electron chi connectivity index (χ3n) is 4.77. The number of nitrogens with zero attached hydrogens (tertiary/aromatic N) is 2. The summed E-state index contributed by atoms with van der Waals surface area (Å²) in [5.41, 5.74) is 3.08. The summed E-state index contributed by atoms with van der Waals surface area (Å²) in [6, 6.07) is 15.0. The third kappa shape index (κ3) is 3.77. The molecule has 8 heteroatoms. The van der Waals surface area contributed by atoms with Crippen LogP contribution in [0.3, 0.4) is 0 Å². The van der Waals surface area contributed by atoms with Crippen LogP contribution >= 0.6 is 0 Å². The van der Waals surface area contributed by atoms with Crippen molar-refractivity contribution in [1.82, 2.24) is 19.9 Å². The van der Waals surface area contributed by atoms with Gasteiger partial charge < -0.3 is 19.6 Å². The molecule has 29 heavy (non-hydrogen) atoms. The van der Waals surface area contributed by atoms with Gasteiger partial charge in [-0.3, -0.25) is 14.9 Å². The van der Waals surface area contributed by atoms with E-state index in [-0.39, 0.29) is 24.8 Å². The number of aryl methyl sites for hydroxylation is 1. The van der Waals surface area contributed by atoms with Crippen molar-refractivity contribution in [3.05, 3.63) is 54.2 Å². The van der Waals surface area contributed by atoms with Crippen molar-refractivity contribution in [2.24, 2.45) is 7.05 Å². The van der Waals surface area contributed by atoms with Gasteiger partial charge >= 0.3 is 0 Å². The normalized spacial score (nSPS) is 11.0. The number of aromatic amines is 1. The van der Waals surface area contributed by atoms with Crippen LogP contribution in [0.25, 0.3) is 21.9 Å². The molecule has 0 bridgehead atoms. The fourth-order valence-corrected chi connectivity index (χ4v) is 3.26. The quantitative estimate of drug-likeness (QED) is 0.470. The van der Waals surface area contributed by atoms with Crippen molar-refractivity contribution in [1.29, 1.82) is 0 Å². The second-order valence-corrected chi connectivity index (χ2v) is 6.67. The number of hydrogen-bond acceptors (Lipinski definition) is 4. The van der Waals surface area contributed by atoms with E-state index in [1.807, 2.05) is 60.1 Å². The van der Waals surface area contributed by atoms with Crippen LogP contribution in [0.5, 0.6) is 5.75 Å². The maximum absolute atomic E-state index is 12.5. The number of imidazole rings is 1. The smallest absolute Gasteiger partial charge is 0.267 e. The number of carbonyl (C=O) groups is 2. The van der Waals surface area contributed by atoms with Gasteiger partial charge in [0.25, 0.3) is 5.91 Å². The van der Waals surface area contributed by atoms with Crippen LogP contribution in [0.4, 0.5) is 5.95 Å². The molecule has 0 radical (unpaired) electrons. The molecule has 4 aromatic rings. The second-order valence-electron chi connectivity index (χ2n) is 6.67. The molecular formula is C21H21N5O3. The molecule has 0 fully saturated rings. The fraction of sp³-hybridized carbons (Fsp3) is 0.190. The van der Waals surface area contributed by atoms with E-state index in [2.05, 4.69) is 20.6 Å². The van der Waals surface area contributed by atoms with E-state index < -0.39 is 0 Å². The average Bonchev–Trinajstić information content (AvgIpc) is 3.27. The first-order valence-electron chi connectivity index (χ1n) is 9.21. The predicted molar refractivity (Wildman–Crippen MR) is 111 cm³/mol. The van der Waals surface area contributed by atoms with Crippen LogP contribution in [0, 0.1) is 0 Å². The number of nitrogens with one attached hydrogen (secondary N) is 3. The Labute approximate surface area is 166 Å². The van der Waals surface area contributed by atoms with Gasteiger partial charge in [0.2, 0.25) is 11.9 Å².